The molecule has 0 saturated carbocycles. The van der Waals surface area contributed by atoms with Gasteiger partial charge in [-0.25, -0.2) is 0 Å². The van der Waals surface area contributed by atoms with Crippen molar-refractivity contribution in [1.82, 2.24) is 0 Å². The molecule has 0 aliphatic rings. The highest BCUT2D eigenvalue weighted by Crippen LogP contribution is 2.27. The van der Waals surface area contributed by atoms with E-state index in [4.69, 9.17) is 4.74 Å². The van der Waals surface area contributed by atoms with E-state index < -0.39 is 0 Å². The Morgan fingerprint density at radius 2 is 2.00 bits per heavy atom. The van der Waals surface area contributed by atoms with E-state index in [2.05, 4.69) is 0 Å². The molecule has 0 aliphatic carbocycles. The van der Waals surface area contributed by atoms with Crippen LogP contribution in [0.25, 0.3) is 0 Å². The van der Waals surface area contributed by atoms with Crippen molar-refractivity contribution in [2.75, 3.05) is 13.7 Å². The van der Waals surface area contributed by atoms with Gasteiger partial charge in [-0.1, -0.05) is 19.1 Å². The summed E-state index contributed by atoms with van der Waals surface area (Å²) >= 11 is 0. The van der Waals surface area contributed by atoms with Gasteiger partial charge < -0.3 is 9.53 Å². The van der Waals surface area contributed by atoms with Crippen LogP contribution in [0.1, 0.15) is 24.8 Å². The van der Waals surface area contributed by atoms with Crippen molar-refractivity contribution in [3.8, 4) is 5.75 Å². The van der Waals surface area contributed by atoms with Crippen LogP contribution in [0, 0.1) is 16.0 Å². The largest absolute Gasteiger partial charge is 0.497 e. The Morgan fingerprint density at radius 1 is 1.39 bits per heavy atom. The Morgan fingerprint density at radius 3 is 2.39 bits per heavy atom. The Bertz CT molecular complexity index is 402. The average molecular weight is 251 g/mol. The zero-order chi connectivity index (χ0) is 13.5. The lowest BCUT2D eigenvalue weighted by Gasteiger charge is -2.18. The molecule has 1 aromatic carbocycles. The van der Waals surface area contributed by atoms with Gasteiger partial charge >= 0.3 is 0 Å². The summed E-state index contributed by atoms with van der Waals surface area (Å²) in [6.07, 6.45) is 1.40. The minimum Gasteiger partial charge on any atom is -0.497 e. The van der Waals surface area contributed by atoms with E-state index in [1.165, 1.54) is 0 Å². The Hall–Kier alpha value is -1.91. The quantitative estimate of drug-likeness (QED) is 0.423. The molecule has 5 heteroatoms. The van der Waals surface area contributed by atoms with E-state index in [1.807, 2.05) is 6.92 Å². The summed E-state index contributed by atoms with van der Waals surface area (Å²) in [5.41, 5.74) is 0.798. The van der Waals surface area contributed by atoms with Crippen LogP contribution in [0.3, 0.4) is 0 Å². The van der Waals surface area contributed by atoms with Crippen LogP contribution in [-0.4, -0.2) is 24.9 Å². The third-order valence-corrected chi connectivity index (χ3v) is 3.05. The number of hydrogen-bond acceptors (Lipinski definition) is 4. The molecule has 98 valence electrons. The summed E-state index contributed by atoms with van der Waals surface area (Å²) in [5.74, 6) is -0.0186. The van der Waals surface area contributed by atoms with Crippen LogP contribution < -0.4 is 4.74 Å². The number of carbonyl (C=O) groups is 1. The average Bonchev–Trinajstić information content (AvgIpc) is 2.38. The summed E-state index contributed by atoms with van der Waals surface area (Å²) in [6.45, 7) is 1.62. The van der Waals surface area contributed by atoms with Crippen molar-refractivity contribution < 1.29 is 14.5 Å². The van der Waals surface area contributed by atoms with Crippen molar-refractivity contribution >= 4 is 6.29 Å². The minimum absolute atomic E-state index is 0.233. The first-order valence-electron chi connectivity index (χ1n) is 5.83. The Labute approximate surface area is 106 Å². The second-order valence-electron chi connectivity index (χ2n) is 4.10. The highest BCUT2D eigenvalue weighted by molar-refractivity contribution is 5.56. The molecule has 0 radical (unpaired) electrons. The lowest BCUT2D eigenvalue weighted by Crippen LogP contribution is -2.22. The van der Waals surface area contributed by atoms with Crippen molar-refractivity contribution in [2.24, 2.45) is 5.92 Å². The maximum atomic E-state index is 11.0. The number of nitro groups is 1. The van der Waals surface area contributed by atoms with Gasteiger partial charge in [-0.2, -0.15) is 0 Å². The van der Waals surface area contributed by atoms with Gasteiger partial charge in [0.05, 0.1) is 13.0 Å². The Kier molecular flexibility index (Phi) is 5.30. The molecule has 0 amide bonds. The summed E-state index contributed by atoms with van der Waals surface area (Å²) in [4.78, 5) is 21.3. The van der Waals surface area contributed by atoms with Crippen LogP contribution in [0.4, 0.5) is 0 Å². The molecule has 5 nitrogen and oxygen atoms in total. The SMILES string of the molecule is CC[C@H](C=O)[C@@H](C[N+](=O)[O-])c1ccc(OC)cc1. The number of methoxy groups -OCH3 is 1. The van der Waals surface area contributed by atoms with E-state index >= 15 is 0 Å². The number of rotatable bonds is 7. The highest BCUT2D eigenvalue weighted by Gasteiger charge is 2.26. The van der Waals surface area contributed by atoms with E-state index in [0.29, 0.717) is 12.2 Å². The van der Waals surface area contributed by atoms with Crippen molar-refractivity contribution in [3.63, 3.8) is 0 Å². The first-order valence-corrected chi connectivity index (χ1v) is 5.83. The molecule has 0 aliphatic heterocycles. The monoisotopic (exact) mass is 251 g/mol. The predicted octanol–water partition coefficient (Wildman–Crippen LogP) is 2.28. The molecule has 1 rings (SSSR count). The van der Waals surface area contributed by atoms with E-state index in [0.717, 1.165) is 11.8 Å². The lowest BCUT2D eigenvalue weighted by molar-refractivity contribution is -0.484. The van der Waals surface area contributed by atoms with E-state index in [9.17, 15) is 14.9 Å². The molecule has 0 saturated heterocycles. The van der Waals surface area contributed by atoms with Crippen LogP contribution in [0.2, 0.25) is 0 Å². The molecule has 0 aromatic heterocycles. The smallest absolute Gasteiger partial charge is 0.211 e. The first-order chi connectivity index (χ1) is 8.62. The molecular formula is C13H17NO4. The number of nitrogens with zero attached hydrogens (tertiary/aromatic N) is 1. The van der Waals surface area contributed by atoms with Crippen molar-refractivity contribution in [2.45, 2.75) is 19.3 Å². The zero-order valence-corrected chi connectivity index (χ0v) is 10.5. The van der Waals surface area contributed by atoms with Gasteiger partial charge in [0.25, 0.3) is 0 Å². The fourth-order valence-electron chi connectivity index (χ4n) is 1.98. The summed E-state index contributed by atoms with van der Waals surface area (Å²) in [6, 6.07) is 7.05. The van der Waals surface area contributed by atoms with E-state index in [-0.39, 0.29) is 23.3 Å². The van der Waals surface area contributed by atoms with Gasteiger partial charge in [-0.3, -0.25) is 10.1 Å². The number of ether oxygens (including phenoxy) is 1. The third-order valence-electron chi connectivity index (χ3n) is 3.05. The molecule has 0 N–H and O–H groups in total. The molecule has 0 bridgehead atoms. The maximum Gasteiger partial charge on any atom is 0.211 e. The second-order valence-corrected chi connectivity index (χ2v) is 4.10. The molecule has 0 spiro atoms. The van der Waals surface area contributed by atoms with E-state index in [1.54, 1.807) is 31.4 Å². The van der Waals surface area contributed by atoms with Crippen LogP contribution >= 0.6 is 0 Å². The number of benzene rings is 1. The van der Waals surface area contributed by atoms with Gasteiger partial charge in [0.1, 0.15) is 12.0 Å². The van der Waals surface area contributed by atoms with Crippen LogP contribution in [0.5, 0.6) is 5.75 Å². The number of hydrogen-bond donors (Lipinski definition) is 0. The molecular weight excluding hydrogens is 234 g/mol. The molecule has 18 heavy (non-hydrogen) atoms. The van der Waals surface area contributed by atoms with Crippen molar-refractivity contribution in [1.29, 1.82) is 0 Å². The summed E-state index contributed by atoms with van der Waals surface area (Å²) < 4.78 is 5.04. The zero-order valence-electron chi connectivity index (χ0n) is 10.5. The normalized spacial score (nSPS) is 13.7. The van der Waals surface area contributed by atoms with Crippen LogP contribution in [-0.2, 0) is 4.79 Å². The molecule has 0 unspecified atom stereocenters. The number of aldehydes is 1. The molecule has 1 aromatic rings. The highest BCUT2D eigenvalue weighted by atomic mass is 16.6. The summed E-state index contributed by atoms with van der Waals surface area (Å²) in [7, 11) is 1.56. The Balaban J connectivity index is 2.99. The second kappa shape index (κ2) is 6.74. The molecule has 2 atom stereocenters. The van der Waals surface area contributed by atoms with Gasteiger partial charge in [0, 0.05) is 10.8 Å². The fourth-order valence-corrected chi connectivity index (χ4v) is 1.98. The van der Waals surface area contributed by atoms with Gasteiger partial charge in [0.2, 0.25) is 6.54 Å². The first kappa shape index (κ1) is 14.2. The molecule has 0 fully saturated rings. The third kappa shape index (κ3) is 3.55. The van der Waals surface area contributed by atoms with Crippen LogP contribution in [0.15, 0.2) is 24.3 Å². The topological polar surface area (TPSA) is 69.4 Å². The van der Waals surface area contributed by atoms with Gasteiger partial charge in [0.15, 0.2) is 0 Å². The van der Waals surface area contributed by atoms with Gasteiger partial charge in [-0.15, -0.1) is 0 Å². The minimum atomic E-state index is -0.381. The van der Waals surface area contributed by atoms with Crippen molar-refractivity contribution in [3.05, 3.63) is 39.9 Å². The van der Waals surface area contributed by atoms with Gasteiger partial charge in [-0.05, 0) is 24.1 Å². The number of carbonyl (C=O) groups excluding carboxylic acids is 1. The molecule has 0 heterocycles. The lowest BCUT2D eigenvalue weighted by atomic mass is 9.85. The standard InChI is InChI=1S/C13H17NO4/c1-3-10(9-15)13(8-14(16)17)11-4-6-12(18-2)7-5-11/h4-7,9-10,13H,3,8H2,1-2H3/t10-,13-/m1/s1. The maximum absolute atomic E-state index is 11.0. The fraction of sp³-hybridized carbons (Fsp3) is 0.462. The predicted molar refractivity (Wildman–Crippen MR) is 67.4 cm³/mol. The summed E-state index contributed by atoms with van der Waals surface area (Å²) in [5, 5.41) is 10.7.